The van der Waals surface area contributed by atoms with E-state index in [9.17, 15) is 12.8 Å². The van der Waals surface area contributed by atoms with Crippen LogP contribution in [0.25, 0.3) is 0 Å². The van der Waals surface area contributed by atoms with Gasteiger partial charge in [-0.2, -0.15) is 0 Å². The van der Waals surface area contributed by atoms with Gasteiger partial charge in [0.1, 0.15) is 23.1 Å². The third kappa shape index (κ3) is 5.06. The minimum absolute atomic E-state index is 0.0773. The minimum Gasteiger partial charge on any atom is -0.490 e. The lowest BCUT2D eigenvalue weighted by atomic mass is 10.3. The second-order valence-corrected chi connectivity index (χ2v) is 6.41. The first kappa shape index (κ1) is 16.4. The van der Waals surface area contributed by atoms with E-state index in [0.29, 0.717) is 11.1 Å². The van der Waals surface area contributed by atoms with E-state index in [0.717, 1.165) is 12.1 Å². The molecule has 0 bridgehead atoms. The van der Waals surface area contributed by atoms with E-state index in [1.54, 1.807) is 0 Å². The van der Waals surface area contributed by atoms with Crippen molar-refractivity contribution in [3.63, 3.8) is 0 Å². The van der Waals surface area contributed by atoms with Gasteiger partial charge in [-0.05, 0) is 35.8 Å². The second kappa shape index (κ2) is 6.65. The number of hydrogen-bond acceptors (Lipinski definition) is 4. The average molecular weight is 356 g/mol. The molecule has 0 heterocycles. The lowest BCUT2D eigenvalue weighted by Crippen LogP contribution is -2.15. The number of benzene rings is 1. The Morgan fingerprint density at radius 3 is 2.53 bits per heavy atom. The highest BCUT2D eigenvalue weighted by molar-refractivity contribution is 9.10. The normalized spacial score (nSPS) is 11.9. The summed E-state index contributed by atoms with van der Waals surface area (Å²) in [6.45, 7) is 4.35. The van der Waals surface area contributed by atoms with E-state index in [4.69, 9.17) is 14.6 Å². The van der Waals surface area contributed by atoms with Crippen LogP contribution in [-0.2, 0) is 14.8 Å². The zero-order valence-corrected chi connectivity index (χ0v) is 12.9. The van der Waals surface area contributed by atoms with Crippen LogP contribution in [0.1, 0.15) is 13.8 Å². The van der Waals surface area contributed by atoms with Crippen molar-refractivity contribution in [2.75, 3.05) is 13.2 Å². The molecule has 2 N–H and O–H groups in total. The molecule has 108 valence electrons. The SMILES string of the molecule is CC(C)OCCOc1cc(F)c(S(N)(=O)=O)cc1Br. The summed E-state index contributed by atoms with van der Waals surface area (Å²) in [7, 11) is -4.09. The molecule has 5 nitrogen and oxygen atoms in total. The number of sulfonamides is 1. The Balaban J connectivity index is 2.80. The first-order chi connectivity index (χ1) is 8.71. The van der Waals surface area contributed by atoms with E-state index < -0.39 is 20.7 Å². The largest absolute Gasteiger partial charge is 0.490 e. The van der Waals surface area contributed by atoms with Crippen molar-refractivity contribution in [2.24, 2.45) is 5.14 Å². The van der Waals surface area contributed by atoms with Crippen LogP contribution in [0.4, 0.5) is 4.39 Å². The summed E-state index contributed by atoms with van der Waals surface area (Å²) in [5.74, 6) is -0.761. The number of rotatable bonds is 6. The van der Waals surface area contributed by atoms with Crippen molar-refractivity contribution >= 4 is 26.0 Å². The van der Waals surface area contributed by atoms with Crippen molar-refractivity contribution in [2.45, 2.75) is 24.8 Å². The Kier molecular flexibility index (Phi) is 5.72. The van der Waals surface area contributed by atoms with Crippen LogP contribution in [0.15, 0.2) is 21.5 Å². The summed E-state index contributed by atoms with van der Waals surface area (Å²) < 4.78 is 46.6. The predicted molar refractivity (Wildman–Crippen MR) is 72.1 cm³/mol. The molecule has 0 fully saturated rings. The number of primary sulfonamides is 1. The zero-order chi connectivity index (χ0) is 14.6. The van der Waals surface area contributed by atoms with E-state index in [2.05, 4.69) is 15.9 Å². The fraction of sp³-hybridized carbons (Fsp3) is 0.455. The van der Waals surface area contributed by atoms with Crippen LogP contribution in [-0.4, -0.2) is 27.7 Å². The maximum Gasteiger partial charge on any atom is 0.241 e. The molecule has 1 aromatic rings. The van der Waals surface area contributed by atoms with Gasteiger partial charge in [0.05, 0.1) is 17.2 Å². The Labute approximate surface area is 120 Å². The molecule has 0 atom stereocenters. The summed E-state index contributed by atoms with van der Waals surface area (Å²) in [5.41, 5.74) is 0. The van der Waals surface area contributed by atoms with Gasteiger partial charge in [0.2, 0.25) is 10.0 Å². The van der Waals surface area contributed by atoms with E-state index in [1.165, 1.54) is 0 Å². The number of halogens is 2. The Bertz CT molecular complexity index is 548. The van der Waals surface area contributed by atoms with Crippen LogP contribution in [0.3, 0.4) is 0 Å². The highest BCUT2D eigenvalue weighted by Crippen LogP contribution is 2.29. The predicted octanol–water partition coefficient (Wildman–Crippen LogP) is 2.04. The Morgan fingerprint density at radius 1 is 1.37 bits per heavy atom. The summed E-state index contributed by atoms with van der Waals surface area (Å²) >= 11 is 3.10. The van der Waals surface area contributed by atoms with Crippen LogP contribution >= 0.6 is 15.9 Å². The minimum atomic E-state index is -4.09. The highest BCUT2D eigenvalue weighted by Gasteiger charge is 2.17. The molecule has 0 saturated heterocycles. The van der Waals surface area contributed by atoms with Gasteiger partial charge in [-0.15, -0.1) is 0 Å². The van der Waals surface area contributed by atoms with Gasteiger partial charge in [0.15, 0.2) is 0 Å². The summed E-state index contributed by atoms with van der Waals surface area (Å²) in [5, 5.41) is 4.88. The standard InChI is InChI=1S/C11H15BrFNO4S/c1-7(2)17-3-4-18-10-6-9(13)11(5-8(10)12)19(14,15)16/h5-7H,3-4H2,1-2H3,(H2,14,15,16). The molecule has 8 heteroatoms. The maximum atomic E-state index is 13.6. The quantitative estimate of drug-likeness (QED) is 0.792. The lowest BCUT2D eigenvalue weighted by Gasteiger charge is -2.11. The molecule has 19 heavy (non-hydrogen) atoms. The molecule has 0 aliphatic rings. The molecule has 0 aromatic heterocycles. The average Bonchev–Trinajstić information content (AvgIpc) is 2.26. The molecule has 0 aliphatic heterocycles. The van der Waals surface area contributed by atoms with Crippen LogP contribution < -0.4 is 9.88 Å². The molecule has 0 saturated carbocycles. The molecule has 0 aliphatic carbocycles. The van der Waals surface area contributed by atoms with Crippen molar-refractivity contribution in [3.05, 3.63) is 22.4 Å². The van der Waals surface area contributed by atoms with Gasteiger partial charge in [-0.25, -0.2) is 17.9 Å². The molecule has 0 spiro atoms. The van der Waals surface area contributed by atoms with Crippen molar-refractivity contribution in [1.82, 2.24) is 0 Å². The van der Waals surface area contributed by atoms with Crippen LogP contribution in [0.5, 0.6) is 5.75 Å². The van der Waals surface area contributed by atoms with Gasteiger partial charge in [0, 0.05) is 6.07 Å². The van der Waals surface area contributed by atoms with Crippen LogP contribution in [0.2, 0.25) is 0 Å². The van der Waals surface area contributed by atoms with Gasteiger partial charge in [-0.3, -0.25) is 0 Å². The van der Waals surface area contributed by atoms with Crippen LogP contribution in [0, 0.1) is 5.82 Å². The third-order valence-electron chi connectivity index (χ3n) is 2.09. The molecular weight excluding hydrogens is 341 g/mol. The van der Waals surface area contributed by atoms with Gasteiger partial charge >= 0.3 is 0 Å². The zero-order valence-electron chi connectivity index (χ0n) is 10.5. The maximum absolute atomic E-state index is 13.6. The topological polar surface area (TPSA) is 78.6 Å². The van der Waals surface area contributed by atoms with E-state index >= 15 is 0 Å². The molecule has 1 rings (SSSR count). The number of nitrogens with two attached hydrogens (primary N) is 1. The summed E-state index contributed by atoms with van der Waals surface area (Å²) in [4.78, 5) is -0.579. The Hall–Kier alpha value is -0.700. The molecule has 0 amide bonds. The van der Waals surface area contributed by atoms with E-state index in [1.807, 2.05) is 13.8 Å². The van der Waals surface area contributed by atoms with Crippen molar-refractivity contribution in [3.8, 4) is 5.75 Å². The fourth-order valence-corrected chi connectivity index (χ4v) is 2.50. The summed E-state index contributed by atoms with van der Waals surface area (Å²) in [6, 6.07) is 2.04. The van der Waals surface area contributed by atoms with E-state index in [-0.39, 0.29) is 18.5 Å². The molecule has 0 radical (unpaired) electrons. The molecular formula is C11H15BrFNO4S. The van der Waals surface area contributed by atoms with Crippen molar-refractivity contribution < 1.29 is 22.3 Å². The highest BCUT2D eigenvalue weighted by atomic mass is 79.9. The number of hydrogen-bond donors (Lipinski definition) is 1. The summed E-state index contributed by atoms with van der Waals surface area (Å²) in [6.07, 6.45) is 0.0773. The fourth-order valence-electron chi connectivity index (χ4n) is 1.27. The first-order valence-corrected chi connectivity index (χ1v) is 7.82. The molecule has 1 aromatic carbocycles. The van der Waals surface area contributed by atoms with Crippen molar-refractivity contribution in [1.29, 1.82) is 0 Å². The van der Waals surface area contributed by atoms with Gasteiger partial charge < -0.3 is 9.47 Å². The van der Waals surface area contributed by atoms with Gasteiger partial charge in [0.25, 0.3) is 0 Å². The monoisotopic (exact) mass is 355 g/mol. The Morgan fingerprint density at radius 2 is 2.00 bits per heavy atom. The smallest absolute Gasteiger partial charge is 0.241 e. The second-order valence-electron chi connectivity index (χ2n) is 4.03. The van der Waals surface area contributed by atoms with Gasteiger partial charge in [-0.1, -0.05) is 0 Å². The lowest BCUT2D eigenvalue weighted by molar-refractivity contribution is 0.0550. The third-order valence-corrected chi connectivity index (χ3v) is 3.63. The molecule has 0 unspecified atom stereocenters. The number of ether oxygens (including phenoxy) is 2. The first-order valence-electron chi connectivity index (χ1n) is 5.48.